The maximum absolute atomic E-state index is 12.1. The van der Waals surface area contributed by atoms with E-state index in [4.69, 9.17) is 9.47 Å². The van der Waals surface area contributed by atoms with E-state index in [1.165, 1.54) is 5.56 Å². The number of piperidine rings is 1. The van der Waals surface area contributed by atoms with Crippen LogP contribution in [-0.2, 0) is 18.4 Å². The molecule has 4 atom stereocenters. The molecule has 1 saturated carbocycles. The first-order valence-electron chi connectivity index (χ1n) is 11.0. The Hall–Kier alpha value is -2.08. The Bertz CT molecular complexity index is 932. The number of rotatable bonds is 4. The van der Waals surface area contributed by atoms with Crippen LogP contribution in [0, 0.1) is 0 Å². The third kappa shape index (κ3) is 2.79. The van der Waals surface area contributed by atoms with E-state index >= 15 is 0 Å². The summed E-state index contributed by atoms with van der Waals surface area (Å²) in [7, 11) is 3.77. The molecule has 2 aromatic rings. The molecule has 0 spiro atoms. The van der Waals surface area contributed by atoms with Crippen LogP contribution in [0.5, 0.6) is 11.5 Å². The van der Waals surface area contributed by atoms with Gasteiger partial charge in [-0.3, -0.25) is 0 Å². The fourth-order valence-corrected chi connectivity index (χ4v) is 6.31. The number of likely N-dealkylation sites (N-methyl/N-ethyl adjacent to an activating group) is 1. The minimum atomic E-state index is -0.872. The largest absolute Gasteiger partial charge is 0.493 e. The van der Waals surface area contributed by atoms with Crippen molar-refractivity contribution in [3.05, 3.63) is 59.2 Å². The van der Waals surface area contributed by atoms with Crippen LogP contribution < -0.4 is 9.47 Å². The number of fused-ring (bicyclic) bond motifs is 1. The molecule has 5 rings (SSSR count). The van der Waals surface area contributed by atoms with E-state index in [0.29, 0.717) is 31.6 Å². The number of aliphatic hydroxyl groups excluding tert-OH is 1. The number of nitrogens with zero attached hydrogens (tertiary/aromatic N) is 1. The molecule has 2 bridgehead atoms. The van der Waals surface area contributed by atoms with Crippen LogP contribution in [-0.4, -0.2) is 53.6 Å². The first-order valence-corrected chi connectivity index (χ1v) is 11.0. The van der Waals surface area contributed by atoms with Gasteiger partial charge < -0.3 is 24.6 Å². The lowest BCUT2D eigenvalue weighted by Crippen LogP contribution is -2.73. The second-order valence-corrected chi connectivity index (χ2v) is 9.26. The van der Waals surface area contributed by atoms with Crippen LogP contribution in [0.25, 0.3) is 0 Å². The van der Waals surface area contributed by atoms with E-state index in [1.807, 2.05) is 36.4 Å². The van der Waals surface area contributed by atoms with Crippen LogP contribution in [0.3, 0.4) is 0 Å². The van der Waals surface area contributed by atoms with Crippen molar-refractivity contribution >= 4 is 0 Å². The van der Waals surface area contributed by atoms with Gasteiger partial charge in [-0.15, -0.1) is 0 Å². The summed E-state index contributed by atoms with van der Waals surface area (Å²) >= 11 is 0. The molecule has 0 aromatic heterocycles. The molecule has 160 valence electrons. The fourth-order valence-electron chi connectivity index (χ4n) is 6.31. The molecule has 2 fully saturated rings. The molecule has 1 aliphatic heterocycles. The van der Waals surface area contributed by atoms with Gasteiger partial charge in [0, 0.05) is 17.0 Å². The minimum absolute atomic E-state index is 0.0571. The quantitative estimate of drug-likeness (QED) is 0.813. The molecule has 2 N–H and O–H groups in total. The molecule has 0 unspecified atom stereocenters. The Morgan fingerprint density at radius 2 is 1.93 bits per heavy atom. The summed E-state index contributed by atoms with van der Waals surface area (Å²) in [6.07, 6.45) is 2.99. The molecule has 3 aliphatic rings. The fraction of sp³-hybridized carbons (Fsp3) is 0.520. The van der Waals surface area contributed by atoms with E-state index in [-0.39, 0.29) is 6.04 Å². The SMILES string of the molecule is COc1ccc2c(c1OCc1ccccc1)[C@]13CCN(C)[C@H](C2)[C@]1(O)CC[C@H](O)C3. The van der Waals surface area contributed by atoms with Crippen molar-refractivity contribution in [2.24, 2.45) is 0 Å². The maximum Gasteiger partial charge on any atom is 0.165 e. The first kappa shape index (κ1) is 19.9. The standard InChI is InChI=1S/C25H31NO4/c1-26-13-12-24-15-19(27)10-11-25(24,28)21(26)14-18-8-9-20(29-2)23(22(18)24)30-16-17-6-4-3-5-7-17/h3-9,19,21,27-28H,10-16H2,1-2H3/t19-,21+,24+,25+/m0/s1. The number of aliphatic hydroxyl groups is 2. The number of methoxy groups -OCH3 is 1. The number of hydrogen-bond acceptors (Lipinski definition) is 5. The molecule has 1 saturated heterocycles. The highest BCUT2D eigenvalue weighted by Gasteiger charge is 2.65. The highest BCUT2D eigenvalue weighted by Crippen LogP contribution is 2.61. The number of hydrogen-bond donors (Lipinski definition) is 2. The van der Waals surface area contributed by atoms with Crippen molar-refractivity contribution in [3.63, 3.8) is 0 Å². The summed E-state index contributed by atoms with van der Waals surface area (Å²) in [6.45, 7) is 1.34. The summed E-state index contributed by atoms with van der Waals surface area (Å²) in [6, 6.07) is 14.3. The van der Waals surface area contributed by atoms with Gasteiger partial charge in [-0.05, 0) is 62.9 Å². The van der Waals surface area contributed by atoms with Crippen LogP contribution >= 0.6 is 0 Å². The Kier molecular flexibility index (Phi) is 4.80. The van der Waals surface area contributed by atoms with Gasteiger partial charge >= 0.3 is 0 Å². The van der Waals surface area contributed by atoms with Gasteiger partial charge in [-0.25, -0.2) is 0 Å². The highest BCUT2D eigenvalue weighted by molar-refractivity contribution is 5.59. The van der Waals surface area contributed by atoms with Gasteiger partial charge in [0.15, 0.2) is 11.5 Å². The zero-order chi connectivity index (χ0) is 20.9. The van der Waals surface area contributed by atoms with Crippen molar-refractivity contribution in [2.75, 3.05) is 20.7 Å². The van der Waals surface area contributed by atoms with Crippen LogP contribution in [0.4, 0.5) is 0 Å². The topological polar surface area (TPSA) is 62.2 Å². The minimum Gasteiger partial charge on any atom is -0.493 e. The van der Waals surface area contributed by atoms with E-state index in [0.717, 1.165) is 36.3 Å². The Labute approximate surface area is 178 Å². The molecular weight excluding hydrogens is 378 g/mol. The Morgan fingerprint density at radius 1 is 1.13 bits per heavy atom. The molecular formula is C25H31NO4. The third-order valence-electron chi connectivity index (χ3n) is 7.79. The average molecular weight is 410 g/mol. The van der Waals surface area contributed by atoms with E-state index in [9.17, 15) is 10.2 Å². The lowest BCUT2D eigenvalue weighted by atomic mass is 9.49. The van der Waals surface area contributed by atoms with Crippen molar-refractivity contribution in [2.45, 2.75) is 61.9 Å². The predicted octanol–water partition coefficient (Wildman–Crippen LogP) is 3.05. The first-order chi connectivity index (χ1) is 14.5. The van der Waals surface area contributed by atoms with E-state index in [1.54, 1.807) is 7.11 Å². The lowest BCUT2D eigenvalue weighted by Gasteiger charge is -2.64. The lowest BCUT2D eigenvalue weighted by molar-refractivity contribution is -0.177. The van der Waals surface area contributed by atoms with Gasteiger partial charge in [0.1, 0.15) is 6.61 Å². The normalized spacial score (nSPS) is 32.8. The van der Waals surface area contributed by atoms with Crippen LogP contribution in [0.15, 0.2) is 42.5 Å². The average Bonchev–Trinajstić information content (AvgIpc) is 2.75. The molecule has 5 nitrogen and oxygen atoms in total. The summed E-state index contributed by atoms with van der Waals surface area (Å²) in [5.74, 6) is 1.42. The molecule has 2 aromatic carbocycles. The highest BCUT2D eigenvalue weighted by atomic mass is 16.5. The molecule has 2 aliphatic carbocycles. The summed E-state index contributed by atoms with van der Waals surface area (Å²) < 4.78 is 12.1. The summed E-state index contributed by atoms with van der Waals surface area (Å²) in [5, 5.41) is 22.8. The summed E-state index contributed by atoms with van der Waals surface area (Å²) in [4.78, 5) is 2.30. The molecule has 30 heavy (non-hydrogen) atoms. The zero-order valence-corrected chi connectivity index (χ0v) is 17.8. The Balaban J connectivity index is 1.66. The van der Waals surface area contributed by atoms with Gasteiger partial charge in [0.25, 0.3) is 0 Å². The van der Waals surface area contributed by atoms with E-state index < -0.39 is 17.1 Å². The number of likely N-dealkylation sites (tertiary alicyclic amines) is 1. The van der Waals surface area contributed by atoms with Crippen molar-refractivity contribution in [3.8, 4) is 11.5 Å². The van der Waals surface area contributed by atoms with Crippen molar-refractivity contribution < 1.29 is 19.7 Å². The van der Waals surface area contributed by atoms with Gasteiger partial charge in [0.2, 0.25) is 0 Å². The van der Waals surface area contributed by atoms with Crippen molar-refractivity contribution in [1.29, 1.82) is 0 Å². The maximum atomic E-state index is 12.1. The van der Waals surface area contributed by atoms with Gasteiger partial charge in [-0.1, -0.05) is 36.4 Å². The summed E-state index contributed by atoms with van der Waals surface area (Å²) in [5.41, 5.74) is 1.96. The molecule has 0 amide bonds. The second-order valence-electron chi connectivity index (χ2n) is 9.26. The molecule has 5 heteroatoms. The number of ether oxygens (including phenoxy) is 2. The molecule has 1 heterocycles. The Morgan fingerprint density at radius 3 is 2.70 bits per heavy atom. The second kappa shape index (κ2) is 7.26. The smallest absolute Gasteiger partial charge is 0.165 e. The number of benzene rings is 2. The van der Waals surface area contributed by atoms with Crippen LogP contribution in [0.2, 0.25) is 0 Å². The van der Waals surface area contributed by atoms with Gasteiger partial charge in [-0.2, -0.15) is 0 Å². The third-order valence-corrected chi connectivity index (χ3v) is 7.79. The van der Waals surface area contributed by atoms with Crippen LogP contribution in [0.1, 0.15) is 42.4 Å². The van der Waals surface area contributed by atoms with E-state index in [2.05, 4.69) is 18.0 Å². The predicted molar refractivity (Wildman–Crippen MR) is 115 cm³/mol. The molecule has 0 radical (unpaired) electrons. The van der Waals surface area contributed by atoms with Gasteiger partial charge in [0.05, 0.1) is 18.8 Å². The zero-order valence-electron chi connectivity index (χ0n) is 17.8. The van der Waals surface area contributed by atoms with Crippen molar-refractivity contribution in [1.82, 2.24) is 4.90 Å². The monoisotopic (exact) mass is 409 g/mol.